The Hall–Kier alpha value is -1.60. The van der Waals surface area contributed by atoms with Crippen LogP contribution in [0, 0.1) is 11.8 Å². The van der Waals surface area contributed by atoms with Crippen LogP contribution >= 0.6 is 0 Å². The van der Waals surface area contributed by atoms with Crippen LogP contribution in [0.15, 0.2) is 24.3 Å². The first-order valence-electron chi connectivity index (χ1n) is 9.83. The van der Waals surface area contributed by atoms with Gasteiger partial charge in [-0.05, 0) is 43.4 Å². The van der Waals surface area contributed by atoms with E-state index in [9.17, 15) is 13.2 Å². The zero-order valence-corrected chi connectivity index (χ0v) is 16.6. The number of benzene rings is 1. The van der Waals surface area contributed by atoms with E-state index in [0.29, 0.717) is 32.1 Å². The van der Waals surface area contributed by atoms with Crippen molar-refractivity contribution < 1.29 is 17.9 Å². The van der Waals surface area contributed by atoms with Gasteiger partial charge < -0.3 is 10.1 Å². The Labute approximate surface area is 161 Å². The lowest BCUT2D eigenvalue weighted by Gasteiger charge is -2.34. The predicted molar refractivity (Wildman–Crippen MR) is 103 cm³/mol. The molecule has 3 atom stereocenters. The Balaban J connectivity index is 1.48. The molecule has 1 aromatic carbocycles. The van der Waals surface area contributed by atoms with Gasteiger partial charge in [0.15, 0.2) is 9.84 Å². The van der Waals surface area contributed by atoms with Crippen LogP contribution in [0.1, 0.15) is 31.2 Å². The smallest absolute Gasteiger partial charge is 0.223 e. The molecule has 0 bridgehead atoms. The van der Waals surface area contributed by atoms with Crippen molar-refractivity contribution in [3.05, 3.63) is 29.8 Å². The van der Waals surface area contributed by atoms with E-state index >= 15 is 0 Å². The maximum absolute atomic E-state index is 12.8. The van der Waals surface area contributed by atoms with Gasteiger partial charge in [0.2, 0.25) is 5.91 Å². The lowest BCUT2D eigenvalue weighted by molar-refractivity contribution is -0.128. The average Bonchev–Trinajstić information content (AvgIpc) is 3.03. The van der Waals surface area contributed by atoms with Crippen LogP contribution in [0.2, 0.25) is 0 Å². The van der Waals surface area contributed by atoms with Crippen molar-refractivity contribution in [1.29, 1.82) is 0 Å². The van der Waals surface area contributed by atoms with Gasteiger partial charge >= 0.3 is 0 Å². The third-order valence-electron chi connectivity index (χ3n) is 6.40. The van der Waals surface area contributed by atoms with Gasteiger partial charge in [-0.3, -0.25) is 9.69 Å². The van der Waals surface area contributed by atoms with Crippen LogP contribution in [0.5, 0.6) is 5.75 Å². The second kappa shape index (κ2) is 7.43. The molecule has 7 heteroatoms. The van der Waals surface area contributed by atoms with Crippen LogP contribution in [0.4, 0.5) is 0 Å². The second-order valence-corrected chi connectivity index (χ2v) is 10.5. The lowest BCUT2D eigenvalue weighted by Crippen LogP contribution is -2.50. The van der Waals surface area contributed by atoms with Crippen molar-refractivity contribution in [2.45, 2.75) is 43.5 Å². The molecular formula is C20H28N2O4S. The summed E-state index contributed by atoms with van der Waals surface area (Å²) in [5.41, 5.74) is 1.10. The fraction of sp³-hybridized carbons (Fsp3) is 0.650. The summed E-state index contributed by atoms with van der Waals surface area (Å²) >= 11 is 0. The molecule has 2 heterocycles. The summed E-state index contributed by atoms with van der Waals surface area (Å²) < 4.78 is 30.6. The van der Waals surface area contributed by atoms with Crippen molar-refractivity contribution in [3.8, 4) is 5.75 Å². The number of nitrogens with zero attached hydrogens (tertiary/aromatic N) is 1. The monoisotopic (exact) mass is 392 g/mol. The average molecular weight is 393 g/mol. The number of hydrogen-bond donors (Lipinski definition) is 1. The number of carbonyl (C=O) groups excluding carboxylic acids is 1. The minimum atomic E-state index is -3.13. The van der Waals surface area contributed by atoms with E-state index < -0.39 is 15.1 Å². The van der Waals surface area contributed by atoms with Crippen molar-refractivity contribution >= 4 is 15.7 Å². The van der Waals surface area contributed by atoms with Crippen molar-refractivity contribution in [2.75, 3.05) is 26.0 Å². The summed E-state index contributed by atoms with van der Waals surface area (Å²) in [7, 11) is -1.49. The van der Waals surface area contributed by atoms with Gasteiger partial charge in [-0.2, -0.15) is 0 Å². The molecule has 2 saturated heterocycles. The molecule has 1 aromatic rings. The molecule has 3 aliphatic rings. The van der Waals surface area contributed by atoms with E-state index in [1.807, 2.05) is 24.3 Å². The fourth-order valence-corrected chi connectivity index (χ4v) is 6.78. The highest BCUT2D eigenvalue weighted by Crippen LogP contribution is 2.38. The number of likely N-dealkylation sites (tertiary alicyclic amines) is 1. The largest absolute Gasteiger partial charge is 0.497 e. The summed E-state index contributed by atoms with van der Waals surface area (Å²) in [6.45, 7) is 1.85. The maximum atomic E-state index is 12.8. The first kappa shape index (κ1) is 18.7. The molecule has 27 heavy (non-hydrogen) atoms. The number of hydrogen-bond acceptors (Lipinski definition) is 5. The molecule has 1 amide bonds. The van der Waals surface area contributed by atoms with Gasteiger partial charge in [0.1, 0.15) is 5.75 Å². The predicted octanol–water partition coefficient (Wildman–Crippen LogP) is 1.60. The highest BCUT2D eigenvalue weighted by Gasteiger charge is 2.50. The molecule has 3 fully saturated rings. The van der Waals surface area contributed by atoms with Crippen LogP contribution in [-0.2, 0) is 21.2 Å². The molecule has 1 aliphatic carbocycles. The van der Waals surface area contributed by atoms with Crippen LogP contribution in [0.25, 0.3) is 0 Å². The first-order valence-corrected chi connectivity index (χ1v) is 11.5. The van der Waals surface area contributed by atoms with E-state index in [4.69, 9.17) is 4.74 Å². The summed E-state index contributed by atoms with van der Waals surface area (Å²) in [4.78, 5) is 14.9. The second-order valence-electron chi connectivity index (χ2n) is 8.15. The number of sulfone groups is 1. The minimum Gasteiger partial charge on any atom is -0.497 e. The number of amides is 1. The molecule has 4 rings (SSSR count). The fourth-order valence-electron chi connectivity index (χ4n) is 4.65. The molecule has 6 nitrogen and oxygen atoms in total. The van der Waals surface area contributed by atoms with Crippen LogP contribution < -0.4 is 10.1 Å². The standard InChI is InChI=1S/C20H28N2O4S/c1-26-16-7-2-4-14(10-16)11-22-12-18-17(20(23)21-15-5-3-6-15)8-9-27(24,25)19(18)13-22/h2,4,7,10,15,17-19H,3,5-6,8-9,11-13H2,1H3,(H,21,23)/t17-,18+,19+/m0/s1. The number of fused-ring (bicyclic) bond motifs is 1. The summed E-state index contributed by atoms with van der Waals surface area (Å²) in [5.74, 6) is 0.704. The normalized spacial score (nSPS) is 30.3. The third-order valence-corrected chi connectivity index (χ3v) is 8.63. The van der Waals surface area contributed by atoms with Crippen molar-refractivity contribution in [3.63, 3.8) is 0 Å². The van der Waals surface area contributed by atoms with Gasteiger partial charge in [0.05, 0.1) is 18.1 Å². The SMILES string of the molecule is COc1cccc(CN2C[C@@H]3[C@@H](C(=O)NC4CCC4)CCS(=O)(=O)[C@@H]3C2)c1. The molecule has 0 unspecified atom stereocenters. The van der Waals surface area contributed by atoms with E-state index in [2.05, 4.69) is 10.2 Å². The topological polar surface area (TPSA) is 75.7 Å². The molecule has 1 N–H and O–H groups in total. The molecule has 1 saturated carbocycles. The van der Waals surface area contributed by atoms with Gasteiger partial charge in [-0.1, -0.05) is 12.1 Å². The Morgan fingerprint density at radius 1 is 1.26 bits per heavy atom. The molecule has 0 aromatic heterocycles. The maximum Gasteiger partial charge on any atom is 0.223 e. The van der Waals surface area contributed by atoms with Gasteiger partial charge in [-0.25, -0.2) is 8.42 Å². The number of rotatable bonds is 5. The zero-order valence-electron chi connectivity index (χ0n) is 15.8. The summed E-state index contributed by atoms with van der Waals surface area (Å²) in [5, 5.41) is 2.71. The highest BCUT2D eigenvalue weighted by molar-refractivity contribution is 7.92. The van der Waals surface area contributed by atoms with Gasteiger partial charge in [-0.15, -0.1) is 0 Å². The van der Waals surface area contributed by atoms with E-state index in [0.717, 1.165) is 24.2 Å². The van der Waals surface area contributed by atoms with E-state index in [1.165, 1.54) is 6.42 Å². The summed E-state index contributed by atoms with van der Waals surface area (Å²) in [6, 6.07) is 8.15. The van der Waals surface area contributed by atoms with Crippen molar-refractivity contribution in [1.82, 2.24) is 10.2 Å². The molecule has 0 spiro atoms. The van der Waals surface area contributed by atoms with Gasteiger partial charge in [0, 0.05) is 37.5 Å². The molecule has 0 radical (unpaired) electrons. The Bertz CT molecular complexity index is 806. The molecule has 148 valence electrons. The van der Waals surface area contributed by atoms with Crippen molar-refractivity contribution in [2.24, 2.45) is 11.8 Å². The Morgan fingerprint density at radius 2 is 2.07 bits per heavy atom. The lowest BCUT2D eigenvalue weighted by atomic mass is 9.86. The van der Waals surface area contributed by atoms with E-state index in [-0.39, 0.29) is 23.5 Å². The number of nitrogens with one attached hydrogen (secondary N) is 1. The highest BCUT2D eigenvalue weighted by atomic mass is 32.2. The van der Waals surface area contributed by atoms with Crippen LogP contribution in [0.3, 0.4) is 0 Å². The quantitative estimate of drug-likeness (QED) is 0.824. The number of carbonyl (C=O) groups is 1. The van der Waals surface area contributed by atoms with Gasteiger partial charge in [0.25, 0.3) is 0 Å². The number of ether oxygens (including phenoxy) is 1. The minimum absolute atomic E-state index is 0.0628. The Kier molecular flexibility index (Phi) is 5.16. The number of methoxy groups -OCH3 is 1. The first-order chi connectivity index (χ1) is 13.0. The summed E-state index contributed by atoms with van der Waals surface area (Å²) in [6.07, 6.45) is 3.72. The Morgan fingerprint density at radius 3 is 2.78 bits per heavy atom. The van der Waals surface area contributed by atoms with Crippen LogP contribution in [-0.4, -0.2) is 56.5 Å². The molecule has 2 aliphatic heterocycles. The third kappa shape index (κ3) is 3.85. The van der Waals surface area contributed by atoms with E-state index in [1.54, 1.807) is 7.11 Å². The zero-order chi connectivity index (χ0) is 19.0. The molecular weight excluding hydrogens is 364 g/mol.